The lowest BCUT2D eigenvalue weighted by Crippen LogP contribution is -2.38. The smallest absolute Gasteiger partial charge is 0.0596 e. The fraction of sp³-hybridized carbons (Fsp3) is 0.421. The standard InChI is InChI=1S/C19H24N2O/c1-14-5-6-15(2)18(12-14)19(16-4-3-9-20-13-16)21-17-7-10-22-11-8-17/h3-6,9,12-13,17,19,21H,7-8,10-11H2,1-2H3/t19-/m0/s1. The van der Waals surface area contributed by atoms with E-state index in [-0.39, 0.29) is 6.04 Å². The van der Waals surface area contributed by atoms with E-state index in [9.17, 15) is 0 Å². The molecule has 0 bridgehead atoms. The molecule has 1 aliphatic rings. The number of benzene rings is 1. The average Bonchev–Trinajstić information content (AvgIpc) is 2.57. The highest BCUT2D eigenvalue weighted by atomic mass is 16.5. The maximum atomic E-state index is 5.48. The zero-order valence-corrected chi connectivity index (χ0v) is 13.4. The van der Waals surface area contributed by atoms with Crippen molar-refractivity contribution in [1.29, 1.82) is 0 Å². The second-order valence-electron chi connectivity index (χ2n) is 6.13. The lowest BCUT2D eigenvalue weighted by atomic mass is 9.93. The van der Waals surface area contributed by atoms with Gasteiger partial charge in [0.2, 0.25) is 0 Å². The topological polar surface area (TPSA) is 34.1 Å². The first kappa shape index (κ1) is 15.2. The van der Waals surface area contributed by atoms with E-state index in [2.05, 4.69) is 48.4 Å². The van der Waals surface area contributed by atoms with E-state index in [0.717, 1.165) is 26.1 Å². The van der Waals surface area contributed by atoms with E-state index in [1.807, 2.05) is 18.5 Å². The van der Waals surface area contributed by atoms with Gasteiger partial charge in [-0.25, -0.2) is 0 Å². The second-order valence-corrected chi connectivity index (χ2v) is 6.13. The monoisotopic (exact) mass is 296 g/mol. The summed E-state index contributed by atoms with van der Waals surface area (Å²) in [5.74, 6) is 0. The Bertz CT molecular complexity index is 606. The van der Waals surface area contributed by atoms with E-state index in [4.69, 9.17) is 4.74 Å². The second kappa shape index (κ2) is 7.03. The van der Waals surface area contributed by atoms with Gasteiger partial charge in [0, 0.05) is 31.6 Å². The van der Waals surface area contributed by atoms with Gasteiger partial charge in [0.05, 0.1) is 6.04 Å². The van der Waals surface area contributed by atoms with Crippen molar-refractivity contribution in [2.75, 3.05) is 13.2 Å². The molecule has 22 heavy (non-hydrogen) atoms. The fourth-order valence-corrected chi connectivity index (χ4v) is 3.08. The summed E-state index contributed by atoms with van der Waals surface area (Å²) in [5.41, 5.74) is 5.18. The van der Waals surface area contributed by atoms with Crippen molar-refractivity contribution in [1.82, 2.24) is 10.3 Å². The quantitative estimate of drug-likeness (QED) is 0.937. The molecule has 2 aromatic rings. The number of nitrogens with one attached hydrogen (secondary N) is 1. The number of pyridine rings is 1. The van der Waals surface area contributed by atoms with E-state index in [1.165, 1.54) is 22.3 Å². The van der Waals surface area contributed by atoms with Gasteiger partial charge in [0.1, 0.15) is 0 Å². The molecule has 3 heteroatoms. The third kappa shape index (κ3) is 3.54. The summed E-state index contributed by atoms with van der Waals surface area (Å²) < 4.78 is 5.48. The Morgan fingerprint density at radius 3 is 2.73 bits per heavy atom. The Labute approximate surface area is 132 Å². The number of ether oxygens (including phenoxy) is 1. The third-order valence-electron chi connectivity index (χ3n) is 4.39. The van der Waals surface area contributed by atoms with Crippen LogP contribution in [0.15, 0.2) is 42.7 Å². The van der Waals surface area contributed by atoms with Crippen LogP contribution in [-0.4, -0.2) is 24.2 Å². The predicted octanol–water partition coefficient (Wildman–Crippen LogP) is 3.56. The number of hydrogen-bond acceptors (Lipinski definition) is 3. The molecule has 1 saturated heterocycles. The Kier molecular flexibility index (Phi) is 4.86. The van der Waals surface area contributed by atoms with Crippen LogP contribution in [0, 0.1) is 13.8 Å². The van der Waals surface area contributed by atoms with Gasteiger partial charge in [-0.1, -0.05) is 29.8 Å². The van der Waals surface area contributed by atoms with Crippen molar-refractivity contribution in [2.45, 2.75) is 38.8 Å². The molecular formula is C19H24N2O. The Morgan fingerprint density at radius 2 is 2.00 bits per heavy atom. The molecule has 1 aliphatic heterocycles. The minimum absolute atomic E-state index is 0.191. The summed E-state index contributed by atoms with van der Waals surface area (Å²) in [6.45, 7) is 6.04. The van der Waals surface area contributed by atoms with E-state index in [0.29, 0.717) is 6.04 Å². The predicted molar refractivity (Wildman–Crippen MR) is 89.0 cm³/mol. The van der Waals surface area contributed by atoms with Crippen LogP contribution in [0.25, 0.3) is 0 Å². The molecule has 1 aromatic carbocycles. The van der Waals surface area contributed by atoms with Crippen LogP contribution in [0.1, 0.15) is 41.1 Å². The SMILES string of the molecule is Cc1ccc(C)c([C@@H](NC2CCOCC2)c2cccnc2)c1. The van der Waals surface area contributed by atoms with Crippen LogP contribution < -0.4 is 5.32 Å². The zero-order chi connectivity index (χ0) is 15.4. The molecule has 3 rings (SSSR count). The normalized spacial score (nSPS) is 17.4. The zero-order valence-electron chi connectivity index (χ0n) is 13.4. The summed E-state index contributed by atoms with van der Waals surface area (Å²) in [7, 11) is 0. The lowest BCUT2D eigenvalue weighted by molar-refractivity contribution is 0.0760. The molecule has 3 nitrogen and oxygen atoms in total. The number of nitrogens with zero attached hydrogens (tertiary/aromatic N) is 1. The van der Waals surface area contributed by atoms with Gasteiger partial charge >= 0.3 is 0 Å². The van der Waals surface area contributed by atoms with Crippen LogP contribution in [0.3, 0.4) is 0 Å². The highest BCUT2D eigenvalue weighted by Crippen LogP contribution is 2.27. The maximum Gasteiger partial charge on any atom is 0.0596 e. The molecule has 1 aromatic heterocycles. The number of rotatable bonds is 4. The highest BCUT2D eigenvalue weighted by molar-refractivity contribution is 5.38. The Hall–Kier alpha value is -1.71. The maximum absolute atomic E-state index is 5.48. The first-order valence-corrected chi connectivity index (χ1v) is 8.05. The molecule has 116 valence electrons. The molecule has 1 atom stereocenters. The van der Waals surface area contributed by atoms with Crippen molar-refractivity contribution in [3.8, 4) is 0 Å². The number of hydrogen-bond donors (Lipinski definition) is 1. The van der Waals surface area contributed by atoms with Gasteiger partial charge in [-0.15, -0.1) is 0 Å². The van der Waals surface area contributed by atoms with E-state index < -0.39 is 0 Å². The minimum atomic E-state index is 0.191. The first-order chi connectivity index (χ1) is 10.7. The molecule has 1 fully saturated rings. The Morgan fingerprint density at radius 1 is 1.18 bits per heavy atom. The van der Waals surface area contributed by atoms with Crippen molar-refractivity contribution in [3.63, 3.8) is 0 Å². The van der Waals surface area contributed by atoms with Gasteiger partial charge in [0.15, 0.2) is 0 Å². The first-order valence-electron chi connectivity index (χ1n) is 8.05. The lowest BCUT2D eigenvalue weighted by Gasteiger charge is -2.30. The van der Waals surface area contributed by atoms with Gasteiger partial charge in [-0.05, 0) is 49.4 Å². The van der Waals surface area contributed by atoms with Crippen LogP contribution in [-0.2, 0) is 4.74 Å². The van der Waals surface area contributed by atoms with Crippen LogP contribution in [0.5, 0.6) is 0 Å². The van der Waals surface area contributed by atoms with Gasteiger partial charge in [0.25, 0.3) is 0 Å². The van der Waals surface area contributed by atoms with Crippen LogP contribution >= 0.6 is 0 Å². The van der Waals surface area contributed by atoms with Gasteiger partial charge in [-0.3, -0.25) is 4.98 Å². The number of aryl methyl sites for hydroxylation is 2. The molecule has 0 radical (unpaired) electrons. The van der Waals surface area contributed by atoms with Crippen molar-refractivity contribution >= 4 is 0 Å². The number of aromatic nitrogens is 1. The van der Waals surface area contributed by atoms with E-state index >= 15 is 0 Å². The molecule has 0 saturated carbocycles. The highest BCUT2D eigenvalue weighted by Gasteiger charge is 2.22. The van der Waals surface area contributed by atoms with Gasteiger partial charge in [-0.2, -0.15) is 0 Å². The summed E-state index contributed by atoms with van der Waals surface area (Å²) in [5, 5.41) is 3.84. The molecule has 0 amide bonds. The summed E-state index contributed by atoms with van der Waals surface area (Å²) >= 11 is 0. The minimum Gasteiger partial charge on any atom is -0.381 e. The average molecular weight is 296 g/mol. The van der Waals surface area contributed by atoms with Crippen molar-refractivity contribution in [3.05, 3.63) is 65.0 Å². The molecule has 2 heterocycles. The third-order valence-corrected chi connectivity index (χ3v) is 4.39. The molecule has 0 unspecified atom stereocenters. The van der Waals surface area contributed by atoms with Crippen LogP contribution in [0.2, 0.25) is 0 Å². The van der Waals surface area contributed by atoms with E-state index in [1.54, 1.807) is 0 Å². The fourth-order valence-electron chi connectivity index (χ4n) is 3.08. The van der Waals surface area contributed by atoms with Crippen molar-refractivity contribution in [2.24, 2.45) is 0 Å². The van der Waals surface area contributed by atoms with Crippen LogP contribution in [0.4, 0.5) is 0 Å². The largest absolute Gasteiger partial charge is 0.381 e. The van der Waals surface area contributed by atoms with Gasteiger partial charge < -0.3 is 10.1 Å². The van der Waals surface area contributed by atoms with Crippen molar-refractivity contribution < 1.29 is 4.74 Å². The molecular weight excluding hydrogens is 272 g/mol. The summed E-state index contributed by atoms with van der Waals surface area (Å²) in [6, 6.07) is 11.5. The summed E-state index contributed by atoms with van der Waals surface area (Å²) in [6.07, 6.45) is 5.94. The molecule has 1 N–H and O–H groups in total. The molecule has 0 spiro atoms. The summed E-state index contributed by atoms with van der Waals surface area (Å²) in [4.78, 5) is 4.31. The molecule has 0 aliphatic carbocycles. The Balaban J connectivity index is 1.93.